The largest absolute Gasteiger partial charge is 0.357 e. The van der Waals surface area contributed by atoms with Crippen LogP contribution >= 0.6 is 24.0 Å². The van der Waals surface area contributed by atoms with Crippen LogP contribution in [-0.4, -0.2) is 49.0 Å². The number of nitrogens with zero attached hydrogens (tertiary/aromatic N) is 2. The third-order valence-corrected chi connectivity index (χ3v) is 5.43. The van der Waals surface area contributed by atoms with Crippen LogP contribution in [0.3, 0.4) is 0 Å². The van der Waals surface area contributed by atoms with Gasteiger partial charge in [-0.05, 0) is 57.3 Å². The maximum absolute atomic E-state index is 11.6. The summed E-state index contributed by atoms with van der Waals surface area (Å²) in [6, 6.07) is 0.554. The molecule has 1 saturated carbocycles. The van der Waals surface area contributed by atoms with Gasteiger partial charge in [0, 0.05) is 38.6 Å². The number of halogens is 1. The molecule has 2 N–H and O–H groups in total. The molecule has 25 heavy (non-hydrogen) atoms. The number of amides is 1. The Balaban J connectivity index is 0.00000312. The number of carbonyl (C=O) groups is 1. The Morgan fingerprint density at radius 3 is 2.56 bits per heavy atom. The van der Waals surface area contributed by atoms with Crippen molar-refractivity contribution >= 4 is 35.8 Å². The van der Waals surface area contributed by atoms with Crippen molar-refractivity contribution in [3.8, 4) is 0 Å². The highest BCUT2D eigenvalue weighted by molar-refractivity contribution is 14.0. The van der Waals surface area contributed by atoms with Crippen molar-refractivity contribution in [2.75, 3.05) is 26.2 Å². The van der Waals surface area contributed by atoms with Crippen LogP contribution in [-0.2, 0) is 4.79 Å². The summed E-state index contributed by atoms with van der Waals surface area (Å²) in [5.74, 6) is 2.95. The molecule has 0 radical (unpaired) electrons. The summed E-state index contributed by atoms with van der Waals surface area (Å²) >= 11 is 0. The van der Waals surface area contributed by atoms with Crippen molar-refractivity contribution < 1.29 is 4.79 Å². The standard InChI is InChI=1S/C19H36N4O.HI/c1-4-20-19(21-12-6-14-23-13-5-7-18(23)24)22-17-10-8-16(9-11-17)15(2)3;/h15-17H,4-14H2,1-3H3,(H2,20,21,22);1H. The molecule has 0 bridgehead atoms. The van der Waals surface area contributed by atoms with Crippen molar-refractivity contribution in [3.05, 3.63) is 0 Å². The molecule has 1 saturated heterocycles. The predicted octanol–water partition coefficient (Wildman–Crippen LogP) is 3.39. The van der Waals surface area contributed by atoms with E-state index in [9.17, 15) is 4.79 Å². The van der Waals surface area contributed by atoms with Gasteiger partial charge in [-0.25, -0.2) is 0 Å². The average Bonchev–Trinajstić information content (AvgIpc) is 2.97. The minimum absolute atomic E-state index is 0. The highest BCUT2D eigenvalue weighted by Gasteiger charge is 2.23. The highest BCUT2D eigenvalue weighted by atomic mass is 127. The van der Waals surface area contributed by atoms with Crippen LogP contribution in [0.5, 0.6) is 0 Å². The fourth-order valence-electron chi connectivity index (χ4n) is 3.84. The summed E-state index contributed by atoms with van der Waals surface area (Å²) in [6.45, 7) is 10.2. The van der Waals surface area contributed by atoms with Crippen molar-refractivity contribution in [2.24, 2.45) is 16.8 Å². The normalized spacial score (nSPS) is 24.4. The summed E-state index contributed by atoms with van der Waals surface area (Å²) < 4.78 is 0. The maximum Gasteiger partial charge on any atom is 0.222 e. The minimum atomic E-state index is 0. The van der Waals surface area contributed by atoms with Crippen LogP contribution in [0.15, 0.2) is 4.99 Å². The minimum Gasteiger partial charge on any atom is -0.357 e. The summed E-state index contributed by atoms with van der Waals surface area (Å²) in [4.78, 5) is 18.3. The summed E-state index contributed by atoms with van der Waals surface area (Å²) in [5, 5.41) is 6.97. The van der Waals surface area contributed by atoms with E-state index in [-0.39, 0.29) is 24.0 Å². The predicted molar refractivity (Wildman–Crippen MR) is 116 cm³/mol. The molecule has 2 fully saturated rings. The fraction of sp³-hybridized carbons (Fsp3) is 0.895. The molecular weight excluding hydrogens is 427 g/mol. The maximum atomic E-state index is 11.6. The molecule has 5 nitrogen and oxygen atoms in total. The zero-order valence-electron chi connectivity index (χ0n) is 16.2. The molecule has 1 aliphatic heterocycles. The Kier molecular flexibility index (Phi) is 10.8. The molecule has 1 heterocycles. The molecule has 2 aliphatic rings. The molecule has 0 aromatic rings. The lowest BCUT2D eigenvalue weighted by atomic mass is 9.80. The first kappa shape index (κ1) is 22.5. The third kappa shape index (κ3) is 7.71. The van der Waals surface area contributed by atoms with Gasteiger partial charge in [0.2, 0.25) is 5.91 Å². The number of hydrogen-bond donors (Lipinski definition) is 2. The van der Waals surface area contributed by atoms with E-state index in [0.717, 1.165) is 63.2 Å². The van der Waals surface area contributed by atoms with E-state index in [0.29, 0.717) is 11.9 Å². The first-order valence-corrected chi connectivity index (χ1v) is 9.92. The van der Waals surface area contributed by atoms with E-state index in [1.165, 1.54) is 25.7 Å². The van der Waals surface area contributed by atoms with Gasteiger partial charge in [-0.15, -0.1) is 24.0 Å². The van der Waals surface area contributed by atoms with Crippen LogP contribution in [0.4, 0.5) is 0 Å². The second-order valence-electron chi connectivity index (χ2n) is 7.60. The molecule has 0 atom stereocenters. The van der Waals surface area contributed by atoms with Gasteiger partial charge in [0.05, 0.1) is 0 Å². The summed E-state index contributed by atoms with van der Waals surface area (Å²) in [6.07, 6.45) is 7.84. The zero-order valence-corrected chi connectivity index (χ0v) is 18.6. The molecule has 0 unspecified atom stereocenters. The van der Waals surface area contributed by atoms with Crippen LogP contribution in [0.1, 0.15) is 65.7 Å². The lowest BCUT2D eigenvalue weighted by Gasteiger charge is -2.32. The van der Waals surface area contributed by atoms with Gasteiger partial charge in [0.15, 0.2) is 5.96 Å². The van der Waals surface area contributed by atoms with E-state index in [2.05, 4.69) is 31.4 Å². The molecule has 0 spiro atoms. The SMILES string of the molecule is CCNC(=NCCCN1CCCC1=O)NC1CCC(C(C)C)CC1.I. The number of nitrogens with one attached hydrogen (secondary N) is 2. The zero-order chi connectivity index (χ0) is 17.4. The van der Waals surface area contributed by atoms with Gasteiger partial charge in [0.1, 0.15) is 0 Å². The molecule has 2 rings (SSSR count). The molecule has 1 aliphatic carbocycles. The van der Waals surface area contributed by atoms with Crippen molar-refractivity contribution in [1.82, 2.24) is 15.5 Å². The van der Waals surface area contributed by atoms with Crippen molar-refractivity contribution in [3.63, 3.8) is 0 Å². The first-order valence-electron chi connectivity index (χ1n) is 9.92. The van der Waals surface area contributed by atoms with Crippen LogP contribution in [0, 0.1) is 11.8 Å². The van der Waals surface area contributed by atoms with Crippen LogP contribution in [0.25, 0.3) is 0 Å². The number of likely N-dealkylation sites (tertiary alicyclic amines) is 1. The Morgan fingerprint density at radius 2 is 2.00 bits per heavy atom. The Bertz CT molecular complexity index is 420. The Hall–Kier alpha value is -0.530. The lowest BCUT2D eigenvalue weighted by molar-refractivity contribution is -0.127. The van der Waals surface area contributed by atoms with Gasteiger partial charge in [-0.1, -0.05) is 13.8 Å². The molecule has 0 aromatic heterocycles. The topological polar surface area (TPSA) is 56.7 Å². The smallest absolute Gasteiger partial charge is 0.222 e. The molecule has 0 aromatic carbocycles. The molecule has 1 amide bonds. The molecule has 6 heteroatoms. The highest BCUT2D eigenvalue weighted by Crippen LogP contribution is 2.29. The number of rotatable bonds is 7. The number of hydrogen-bond acceptors (Lipinski definition) is 2. The summed E-state index contributed by atoms with van der Waals surface area (Å²) in [7, 11) is 0. The monoisotopic (exact) mass is 464 g/mol. The van der Waals surface area contributed by atoms with Gasteiger partial charge in [-0.3, -0.25) is 9.79 Å². The van der Waals surface area contributed by atoms with E-state index < -0.39 is 0 Å². The molecular formula is C19H37IN4O. The summed E-state index contributed by atoms with van der Waals surface area (Å²) in [5.41, 5.74) is 0. The average molecular weight is 464 g/mol. The lowest BCUT2D eigenvalue weighted by Crippen LogP contribution is -2.45. The van der Waals surface area contributed by atoms with Gasteiger partial charge < -0.3 is 15.5 Å². The fourth-order valence-corrected chi connectivity index (χ4v) is 3.84. The van der Waals surface area contributed by atoms with Crippen LogP contribution in [0.2, 0.25) is 0 Å². The van der Waals surface area contributed by atoms with Crippen molar-refractivity contribution in [1.29, 1.82) is 0 Å². The third-order valence-electron chi connectivity index (χ3n) is 5.43. The van der Waals surface area contributed by atoms with E-state index >= 15 is 0 Å². The first-order chi connectivity index (χ1) is 11.6. The number of carbonyl (C=O) groups excluding carboxylic acids is 1. The second kappa shape index (κ2) is 12.0. The second-order valence-corrected chi connectivity index (χ2v) is 7.60. The van der Waals surface area contributed by atoms with E-state index in [4.69, 9.17) is 4.99 Å². The molecule has 146 valence electrons. The number of guanidine groups is 1. The van der Waals surface area contributed by atoms with Crippen molar-refractivity contribution in [2.45, 2.75) is 71.8 Å². The van der Waals surface area contributed by atoms with Gasteiger partial charge >= 0.3 is 0 Å². The Labute approximate surface area is 170 Å². The quantitative estimate of drug-likeness (QED) is 0.263. The van der Waals surface area contributed by atoms with E-state index in [1.54, 1.807) is 0 Å². The van der Waals surface area contributed by atoms with Crippen LogP contribution < -0.4 is 10.6 Å². The number of aliphatic imine (C=N–C) groups is 1. The Morgan fingerprint density at radius 1 is 1.28 bits per heavy atom. The van der Waals surface area contributed by atoms with E-state index in [1.807, 2.05) is 4.90 Å². The van der Waals surface area contributed by atoms with Gasteiger partial charge in [0.25, 0.3) is 0 Å². The van der Waals surface area contributed by atoms with Gasteiger partial charge in [-0.2, -0.15) is 0 Å².